The van der Waals surface area contributed by atoms with E-state index < -0.39 is 11.6 Å². The summed E-state index contributed by atoms with van der Waals surface area (Å²) in [6.45, 7) is 0. The van der Waals surface area contributed by atoms with Crippen molar-refractivity contribution in [1.82, 2.24) is 0 Å². The first-order valence-corrected chi connectivity index (χ1v) is 8.56. The van der Waals surface area contributed by atoms with Crippen molar-refractivity contribution in [1.29, 1.82) is 0 Å². The number of benzene rings is 3. The molecule has 0 spiro atoms. The summed E-state index contributed by atoms with van der Waals surface area (Å²) in [4.78, 5) is 0.677. The highest BCUT2D eigenvalue weighted by atomic mass is 35.5. The maximum atomic E-state index is 14.2. The van der Waals surface area contributed by atoms with E-state index in [0.717, 1.165) is 17.5 Å². The monoisotopic (exact) mass is 371 g/mol. The van der Waals surface area contributed by atoms with E-state index in [1.54, 1.807) is 24.3 Å². The van der Waals surface area contributed by atoms with Crippen LogP contribution >= 0.6 is 23.5 Å². The van der Waals surface area contributed by atoms with Gasteiger partial charge in [0.2, 0.25) is 0 Å². The Morgan fingerprint density at radius 1 is 0.800 bits per heavy atom. The second-order valence-corrected chi connectivity index (χ2v) is 6.32. The van der Waals surface area contributed by atoms with Crippen LogP contribution in [0.4, 0.5) is 14.5 Å². The molecule has 5 heteroatoms. The molecule has 0 radical (unpaired) electrons. The molecule has 0 aliphatic heterocycles. The van der Waals surface area contributed by atoms with Gasteiger partial charge in [0.05, 0.1) is 5.02 Å². The van der Waals surface area contributed by atoms with Crippen molar-refractivity contribution in [2.24, 2.45) is 0 Å². The lowest BCUT2D eigenvalue weighted by Gasteiger charge is -2.09. The highest BCUT2D eigenvalue weighted by molar-refractivity contribution is 8.00. The van der Waals surface area contributed by atoms with Crippen LogP contribution in [-0.2, 0) is 0 Å². The van der Waals surface area contributed by atoms with Crippen LogP contribution in [-0.4, -0.2) is 0 Å². The summed E-state index contributed by atoms with van der Waals surface area (Å²) < 4.78 is 31.1. The van der Waals surface area contributed by atoms with Crippen molar-refractivity contribution in [2.45, 2.75) is 4.90 Å². The standard InChI is InChI=1S/C20H12ClF2NS/c21-16-8-4-5-9-19(16)25-24-20-17(22)12-15(13-18(20)23)11-10-14-6-2-1-3-7-14/h1-9,12-13,24H. The molecule has 25 heavy (non-hydrogen) atoms. The van der Waals surface area contributed by atoms with E-state index >= 15 is 0 Å². The van der Waals surface area contributed by atoms with Crippen LogP contribution in [0.2, 0.25) is 5.02 Å². The summed E-state index contributed by atoms with van der Waals surface area (Å²) in [7, 11) is 0. The smallest absolute Gasteiger partial charge is 0.151 e. The molecule has 124 valence electrons. The van der Waals surface area contributed by atoms with Crippen LogP contribution in [0.15, 0.2) is 71.6 Å². The van der Waals surface area contributed by atoms with Crippen molar-refractivity contribution >= 4 is 29.2 Å². The highest BCUT2D eigenvalue weighted by Gasteiger charge is 2.11. The second kappa shape index (κ2) is 8.06. The molecule has 1 nitrogen and oxygen atoms in total. The lowest BCUT2D eigenvalue weighted by molar-refractivity contribution is 0.591. The van der Waals surface area contributed by atoms with Crippen LogP contribution in [0.1, 0.15) is 11.1 Å². The van der Waals surface area contributed by atoms with Crippen molar-refractivity contribution in [3.63, 3.8) is 0 Å². The summed E-state index contributed by atoms with van der Waals surface area (Å²) in [6, 6.07) is 18.7. The molecule has 0 aromatic heterocycles. The van der Waals surface area contributed by atoms with Crippen molar-refractivity contribution < 1.29 is 8.78 Å². The van der Waals surface area contributed by atoms with Crippen LogP contribution in [0.25, 0.3) is 0 Å². The van der Waals surface area contributed by atoms with E-state index in [4.69, 9.17) is 11.6 Å². The zero-order valence-corrected chi connectivity index (χ0v) is 14.5. The van der Waals surface area contributed by atoms with Crippen molar-refractivity contribution in [3.05, 3.63) is 94.5 Å². The summed E-state index contributed by atoms with van der Waals surface area (Å²) in [5.74, 6) is 4.22. The van der Waals surface area contributed by atoms with Gasteiger partial charge < -0.3 is 4.72 Å². The van der Waals surface area contributed by atoms with Crippen LogP contribution in [0.3, 0.4) is 0 Å². The molecule has 1 N–H and O–H groups in total. The van der Waals surface area contributed by atoms with Crippen LogP contribution in [0, 0.1) is 23.5 Å². The minimum Gasteiger partial charge on any atom is -0.321 e. The summed E-state index contributed by atoms with van der Waals surface area (Å²) in [5, 5.41) is 0.506. The molecule has 0 aliphatic rings. The first kappa shape index (κ1) is 17.3. The van der Waals surface area contributed by atoms with E-state index in [1.807, 2.05) is 30.3 Å². The van der Waals surface area contributed by atoms with Gasteiger partial charge in [-0.2, -0.15) is 0 Å². The molecule has 0 aliphatic carbocycles. The molecule has 0 amide bonds. The largest absolute Gasteiger partial charge is 0.321 e. The van der Waals surface area contributed by atoms with E-state index in [0.29, 0.717) is 9.92 Å². The van der Waals surface area contributed by atoms with Crippen molar-refractivity contribution in [2.75, 3.05) is 4.72 Å². The number of halogens is 3. The number of rotatable bonds is 3. The minimum absolute atomic E-state index is 0.227. The van der Waals surface area contributed by atoms with Crippen LogP contribution in [0.5, 0.6) is 0 Å². The van der Waals surface area contributed by atoms with E-state index in [2.05, 4.69) is 16.6 Å². The average molecular weight is 372 g/mol. The molecule has 3 aromatic rings. The zero-order valence-electron chi connectivity index (χ0n) is 12.9. The Balaban J connectivity index is 1.79. The third-order valence-electron chi connectivity index (χ3n) is 3.27. The first-order chi connectivity index (χ1) is 12.1. The number of hydrogen-bond acceptors (Lipinski definition) is 2. The van der Waals surface area contributed by atoms with E-state index in [1.165, 1.54) is 12.1 Å². The Bertz CT molecular complexity index is 926. The Labute approximate surface area is 154 Å². The molecule has 0 saturated carbocycles. The predicted octanol–water partition coefficient (Wildman–Crippen LogP) is 6.14. The SMILES string of the molecule is Fc1cc(C#Cc2ccccc2)cc(F)c1NSc1ccccc1Cl. The minimum atomic E-state index is -0.711. The molecule has 0 atom stereocenters. The van der Waals surface area contributed by atoms with Gasteiger partial charge in [-0.05, 0) is 48.3 Å². The molecule has 0 saturated heterocycles. The molecule has 3 rings (SSSR count). The molecule has 0 heterocycles. The Kier molecular flexibility index (Phi) is 5.60. The van der Waals surface area contributed by atoms with Crippen molar-refractivity contribution in [3.8, 4) is 11.8 Å². The fraction of sp³-hybridized carbons (Fsp3) is 0. The lowest BCUT2D eigenvalue weighted by atomic mass is 10.1. The topological polar surface area (TPSA) is 12.0 Å². The van der Waals surface area contributed by atoms with Gasteiger partial charge in [-0.15, -0.1) is 0 Å². The van der Waals surface area contributed by atoms with Gasteiger partial charge in [0.25, 0.3) is 0 Å². The molecule has 0 fully saturated rings. The van der Waals surface area contributed by atoms with Gasteiger partial charge in [-0.1, -0.05) is 53.8 Å². The number of nitrogens with one attached hydrogen (secondary N) is 1. The van der Waals surface area contributed by atoms with E-state index in [9.17, 15) is 8.78 Å². The number of anilines is 1. The fourth-order valence-corrected chi connectivity index (χ4v) is 3.01. The van der Waals surface area contributed by atoms with Gasteiger partial charge in [-0.25, -0.2) is 8.78 Å². The average Bonchev–Trinajstić information content (AvgIpc) is 2.61. The third-order valence-corrected chi connectivity index (χ3v) is 4.59. The van der Waals surface area contributed by atoms with Gasteiger partial charge >= 0.3 is 0 Å². The predicted molar refractivity (Wildman–Crippen MR) is 99.7 cm³/mol. The summed E-state index contributed by atoms with van der Waals surface area (Å²) in [5.41, 5.74) is 0.821. The molecule has 3 aromatic carbocycles. The first-order valence-electron chi connectivity index (χ1n) is 7.37. The molecular formula is C20H12ClF2NS. The normalized spacial score (nSPS) is 10.0. The van der Waals surface area contributed by atoms with Gasteiger partial charge in [0.15, 0.2) is 11.6 Å². The maximum absolute atomic E-state index is 14.2. The second-order valence-electron chi connectivity index (χ2n) is 5.07. The Hall–Kier alpha value is -2.48. The number of hydrogen-bond donors (Lipinski definition) is 1. The molecule has 0 unspecified atom stereocenters. The van der Waals surface area contributed by atoms with Gasteiger partial charge in [-0.3, -0.25) is 0 Å². The van der Waals surface area contributed by atoms with Gasteiger partial charge in [0.1, 0.15) is 5.69 Å². The molecular weight excluding hydrogens is 360 g/mol. The lowest BCUT2D eigenvalue weighted by Crippen LogP contribution is -1.97. The zero-order chi connectivity index (χ0) is 17.6. The summed E-state index contributed by atoms with van der Waals surface area (Å²) >= 11 is 7.07. The molecule has 0 bridgehead atoms. The highest BCUT2D eigenvalue weighted by Crippen LogP contribution is 2.30. The Morgan fingerprint density at radius 3 is 2.08 bits per heavy atom. The van der Waals surface area contributed by atoms with E-state index in [-0.39, 0.29) is 11.3 Å². The van der Waals surface area contributed by atoms with Gasteiger partial charge in [0, 0.05) is 16.0 Å². The van der Waals surface area contributed by atoms with Crippen LogP contribution < -0.4 is 4.72 Å². The Morgan fingerprint density at radius 2 is 1.40 bits per heavy atom. The fourth-order valence-electron chi connectivity index (χ4n) is 2.04. The third kappa shape index (κ3) is 4.54. The maximum Gasteiger partial charge on any atom is 0.151 e. The summed E-state index contributed by atoms with van der Waals surface area (Å²) in [6.07, 6.45) is 0. The quantitative estimate of drug-likeness (QED) is 0.438.